The molecule has 0 spiro atoms. The number of nitrogens with zero attached hydrogens (tertiary/aromatic N) is 2. The highest BCUT2D eigenvalue weighted by Crippen LogP contribution is 2.12. The first-order chi connectivity index (χ1) is 5.44. The van der Waals surface area contributed by atoms with Gasteiger partial charge in [0.15, 0.2) is 0 Å². The van der Waals surface area contributed by atoms with Gasteiger partial charge in [-0.1, -0.05) is 0 Å². The molecule has 1 fully saturated rings. The van der Waals surface area contributed by atoms with Crippen molar-refractivity contribution in [1.82, 2.24) is 8.61 Å². The van der Waals surface area contributed by atoms with E-state index in [1.807, 2.05) is 0 Å². The molecule has 0 unspecified atom stereocenters. The van der Waals surface area contributed by atoms with Crippen molar-refractivity contribution in [2.24, 2.45) is 0 Å². The van der Waals surface area contributed by atoms with E-state index < -0.39 is 10.2 Å². The van der Waals surface area contributed by atoms with Crippen LogP contribution < -0.4 is 0 Å². The molecule has 12 heavy (non-hydrogen) atoms. The van der Waals surface area contributed by atoms with Crippen LogP contribution >= 0.6 is 0 Å². The number of ketones is 1. The van der Waals surface area contributed by atoms with Gasteiger partial charge in [0.2, 0.25) is 0 Å². The van der Waals surface area contributed by atoms with Gasteiger partial charge in [-0.25, -0.2) is 0 Å². The van der Waals surface area contributed by atoms with Gasteiger partial charge in [-0.2, -0.15) is 17.0 Å². The van der Waals surface area contributed by atoms with Crippen molar-refractivity contribution in [3.05, 3.63) is 0 Å². The van der Waals surface area contributed by atoms with E-state index in [0.29, 0.717) is 13.1 Å². The third-order valence-electron chi connectivity index (χ3n) is 1.78. The lowest BCUT2D eigenvalue weighted by molar-refractivity contribution is -0.117. The summed E-state index contributed by atoms with van der Waals surface area (Å²) in [6.07, 6.45) is 0. The standard InChI is InChI=1S/C6H12N2O3S/c1-6(9)5-8-4-3-7(2)12(8,10)11/h3-5H2,1-2H3. The SMILES string of the molecule is CC(=O)CN1CCN(C)S1(=O)=O. The van der Waals surface area contributed by atoms with Gasteiger partial charge in [-0.3, -0.25) is 4.79 Å². The first kappa shape index (κ1) is 9.63. The molecular weight excluding hydrogens is 180 g/mol. The lowest BCUT2D eigenvalue weighted by Crippen LogP contribution is -2.33. The smallest absolute Gasteiger partial charge is 0.282 e. The molecule has 0 radical (unpaired) electrons. The zero-order chi connectivity index (χ0) is 9.35. The minimum atomic E-state index is -3.32. The molecule has 0 bridgehead atoms. The van der Waals surface area contributed by atoms with Gasteiger partial charge in [0, 0.05) is 20.1 Å². The van der Waals surface area contributed by atoms with Crippen molar-refractivity contribution in [1.29, 1.82) is 0 Å². The Morgan fingerprint density at radius 3 is 2.33 bits per heavy atom. The highest BCUT2D eigenvalue weighted by molar-refractivity contribution is 7.87. The summed E-state index contributed by atoms with van der Waals surface area (Å²) in [6, 6.07) is 0. The van der Waals surface area contributed by atoms with E-state index in [1.165, 1.54) is 22.6 Å². The maximum Gasteiger partial charge on any atom is 0.282 e. The molecule has 0 N–H and O–H groups in total. The zero-order valence-electron chi connectivity index (χ0n) is 7.15. The van der Waals surface area contributed by atoms with Crippen molar-refractivity contribution in [3.8, 4) is 0 Å². The van der Waals surface area contributed by atoms with E-state index in [2.05, 4.69) is 0 Å². The Morgan fingerprint density at radius 1 is 1.42 bits per heavy atom. The number of rotatable bonds is 2. The Morgan fingerprint density at radius 2 is 2.00 bits per heavy atom. The van der Waals surface area contributed by atoms with Crippen LogP contribution in [0, 0.1) is 0 Å². The van der Waals surface area contributed by atoms with E-state index in [4.69, 9.17) is 0 Å². The first-order valence-electron chi connectivity index (χ1n) is 3.65. The molecule has 1 saturated heterocycles. The maximum atomic E-state index is 11.3. The van der Waals surface area contributed by atoms with Crippen LogP contribution in [-0.2, 0) is 15.0 Å². The second-order valence-corrected chi connectivity index (χ2v) is 4.90. The molecule has 1 aliphatic heterocycles. The van der Waals surface area contributed by atoms with Crippen molar-refractivity contribution in [2.45, 2.75) is 6.92 Å². The summed E-state index contributed by atoms with van der Waals surface area (Å²) in [5, 5.41) is 0. The largest absolute Gasteiger partial charge is 0.299 e. The normalized spacial score (nSPS) is 24.5. The van der Waals surface area contributed by atoms with Crippen molar-refractivity contribution in [3.63, 3.8) is 0 Å². The van der Waals surface area contributed by atoms with E-state index in [-0.39, 0.29) is 12.3 Å². The predicted octanol–water partition coefficient (Wildman–Crippen LogP) is -0.932. The van der Waals surface area contributed by atoms with E-state index in [9.17, 15) is 13.2 Å². The summed E-state index contributed by atoms with van der Waals surface area (Å²) in [4.78, 5) is 10.7. The number of likely N-dealkylation sites (N-methyl/N-ethyl adjacent to an activating group) is 1. The lowest BCUT2D eigenvalue weighted by Gasteiger charge is -2.13. The Balaban J connectivity index is 2.76. The van der Waals surface area contributed by atoms with Crippen LogP contribution in [0.15, 0.2) is 0 Å². The number of hydrogen-bond donors (Lipinski definition) is 0. The minimum Gasteiger partial charge on any atom is -0.299 e. The molecule has 0 aromatic rings. The molecule has 1 rings (SSSR count). The number of hydrogen-bond acceptors (Lipinski definition) is 3. The quantitative estimate of drug-likeness (QED) is 0.568. The van der Waals surface area contributed by atoms with Crippen molar-refractivity contribution < 1.29 is 13.2 Å². The third-order valence-corrected chi connectivity index (χ3v) is 3.72. The Hall–Kier alpha value is -0.460. The summed E-state index contributed by atoms with van der Waals surface area (Å²) in [5.74, 6) is -0.131. The Labute approximate surface area is 72.1 Å². The lowest BCUT2D eigenvalue weighted by atomic mass is 10.4. The second kappa shape index (κ2) is 3.12. The number of Topliss-reactive ketones (excluding diaryl/α,β-unsaturated/α-hetero) is 1. The van der Waals surface area contributed by atoms with Gasteiger partial charge in [0.25, 0.3) is 10.2 Å². The Kier molecular flexibility index (Phi) is 2.50. The molecule has 0 aromatic carbocycles. The summed E-state index contributed by atoms with van der Waals surface area (Å²) < 4.78 is 25.1. The van der Waals surface area contributed by atoms with Crippen molar-refractivity contribution >= 4 is 16.0 Å². The fourth-order valence-electron chi connectivity index (χ4n) is 1.09. The van der Waals surface area contributed by atoms with Crippen LogP contribution in [0.25, 0.3) is 0 Å². The van der Waals surface area contributed by atoms with Gasteiger partial charge < -0.3 is 0 Å². The zero-order valence-corrected chi connectivity index (χ0v) is 7.97. The summed E-state index contributed by atoms with van der Waals surface area (Å²) in [7, 11) is -1.81. The molecule has 0 aromatic heterocycles. The highest BCUT2D eigenvalue weighted by atomic mass is 32.2. The fraction of sp³-hybridized carbons (Fsp3) is 0.833. The van der Waals surface area contributed by atoms with Gasteiger partial charge in [0.1, 0.15) is 5.78 Å². The van der Waals surface area contributed by atoms with Crippen LogP contribution in [0.5, 0.6) is 0 Å². The molecule has 70 valence electrons. The van der Waals surface area contributed by atoms with E-state index in [1.54, 1.807) is 0 Å². The molecule has 0 aliphatic carbocycles. The van der Waals surface area contributed by atoms with Gasteiger partial charge in [-0.05, 0) is 6.92 Å². The average molecular weight is 192 g/mol. The number of carbonyl (C=O) groups is 1. The minimum absolute atomic E-state index is 0.00727. The first-order valence-corrected chi connectivity index (χ1v) is 5.05. The van der Waals surface area contributed by atoms with Crippen LogP contribution in [0.2, 0.25) is 0 Å². The molecule has 0 atom stereocenters. The fourth-order valence-corrected chi connectivity index (χ4v) is 2.45. The molecule has 0 saturated carbocycles. The van der Waals surface area contributed by atoms with E-state index >= 15 is 0 Å². The van der Waals surface area contributed by atoms with Gasteiger partial charge >= 0.3 is 0 Å². The topological polar surface area (TPSA) is 57.7 Å². The highest BCUT2D eigenvalue weighted by Gasteiger charge is 2.33. The molecule has 6 heteroatoms. The summed E-state index contributed by atoms with van der Waals surface area (Å²) in [6.45, 7) is 2.26. The van der Waals surface area contributed by atoms with Crippen molar-refractivity contribution in [2.75, 3.05) is 26.7 Å². The third kappa shape index (κ3) is 1.65. The van der Waals surface area contributed by atoms with Gasteiger partial charge in [-0.15, -0.1) is 0 Å². The molecule has 5 nitrogen and oxygen atoms in total. The molecular formula is C6H12N2O3S. The number of carbonyl (C=O) groups excluding carboxylic acids is 1. The maximum absolute atomic E-state index is 11.3. The predicted molar refractivity (Wildman–Crippen MR) is 43.8 cm³/mol. The molecule has 1 aliphatic rings. The monoisotopic (exact) mass is 192 g/mol. The van der Waals surface area contributed by atoms with Crippen LogP contribution in [-0.4, -0.2) is 49.5 Å². The van der Waals surface area contributed by atoms with E-state index in [0.717, 1.165) is 0 Å². The summed E-state index contributed by atoms with van der Waals surface area (Å²) in [5.41, 5.74) is 0. The molecule has 0 amide bonds. The average Bonchev–Trinajstić information content (AvgIpc) is 2.15. The van der Waals surface area contributed by atoms with Crippen LogP contribution in [0.3, 0.4) is 0 Å². The second-order valence-electron chi connectivity index (χ2n) is 2.86. The van der Waals surface area contributed by atoms with Gasteiger partial charge in [0.05, 0.1) is 6.54 Å². The summed E-state index contributed by atoms with van der Waals surface area (Å²) >= 11 is 0. The van der Waals surface area contributed by atoms with Crippen LogP contribution in [0.4, 0.5) is 0 Å². The Bertz CT molecular complexity index is 285. The molecule has 1 heterocycles. The van der Waals surface area contributed by atoms with Crippen LogP contribution in [0.1, 0.15) is 6.92 Å².